The first kappa shape index (κ1) is 15.2. The smallest absolute Gasteiger partial charge is 0.321 e. The minimum atomic E-state index is -0.174. The van der Waals surface area contributed by atoms with Crippen molar-refractivity contribution >= 4 is 22.7 Å². The van der Waals surface area contributed by atoms with Crippen LogP contribution in [-0.2, 0) is 5.54 Å². The van der Waals surface area contributed by atoms with Gasteiger partial charge in [0.15, 0.2) is 0 Å². The summed E-state index contributed by atoms with van der Waals surface area (Å²) in [5, 5.41) is 11.1. The number of anilines is 1. The van der Waals surface area contributed by atoms with E-state index in [2.05, 4.69) is 30.1 Å². The molecule has 6 rings (SSSR count). The molecule has 9 heteroatoms. The molecule has 4 aliphatic rings. The standard InChI is InChI=1S/C16H21N7OS/c1-10-19-14(25-22-10)20-13(24)21-15-3-11-2-12(4-15)6-16(5-11,7-15)23-9-17-8-18-23/h8-9,11-12H,2-7H2,1H3,(H2,19,20,21,22,24). The highest BCUT2D eigenvalue weighted by molar-refractivity contribution is 7.09. The number of nitrogens with one attached hydrogen (secondary N) is 2. The second-order valence-electron chi connectivity index (χ2n) is 8.03. The Morgan fingerprint density at radius 1 is 1.32 bits per heavy atom. The molecule has 4 saturated carbocycles. The average molecular weight is 359 g/mol. The van der Waals surface area contributed by atoms with Crippen molar-refractivity contribution in [3.05, 3.63) is 18.5 Å². The van der Waals surface area contributed by atoms with Gasteiger partial charge in [-0.1, -0.05) is 0 Å². The second kappa shape index (κ2) is 5.23. The molecule has 25 heavy (non-hydrogen) atoms. The first-order valence-corrected chi connectivity index (χ1v) is 9.56. The quantitative estimate of drug-likeness (QED) is 0.876. The molecule has 0 saturated heterocycles. The molecule has 132 valence electrons. The third kappa shape index (κ3) is 2.52. The van der Waals surface area contributed by atoms with Gasteiger partial charge >= 0.3 is 6.03 Å². The first-order chi connectivity index (χ1) is 12.0. The van der Waals surface area contributed by atoms with E-state index in [4.69, 9.17) is 0 Å². The number of hydrogen-bond donors (Lipinski definition) is 2. The van der Waals surface area contributed by atoms with Crippen molar-refractivity contribution in [3.8, 4) is 0 Å². The molecule has 4 bridgehead atoms. The second-order valence-corrected chi connectivity index (χ2v) is 8.78. The SMILES string of the molecule is Cc1nsc(NC(=O)NC23CC4CC(C2)CC(n2cncn2)(C4)C3)n1. The lowest BCUT2D eigenvalue weighted by Gasteiger charge is -2.61. The lowest BCUT2D eigenvalue weighted by atomic mass is 9.50. The number of nitrogens with zero attached hydrogens (tertiary/aromatic N) is 5. The van der Waals surface area contributed by atoms with Crippen molar-refractivity contribution in [2.75, 3.05) is 5.32 Å². The molecule has 0 aromatic carbocycles. The molecule has 0 spiro atoms. The van der Waals surface area contributed by atoms with Gasteiger partial charge in [0.1, 0.15) is 18.5 Å². The van der Waals surface area contributed by atoms with Crippen LogP contribution in [0.5, 0.6) is 0 Å². The summed E-state index contributed by atoms with van der Waals surface area (Å²) in [6.45, 7) is 1.82. The van der Waals surface area contributed by atoms with Crippen LogP contribution in [0, 0.1) is 18.8 Å². The summed E-state index contributed by atoms with van der Waals surface area (Å²) >= 11 is 1.21. The van der Waals surface area contributed by atoms with Crippen LogP contribution in [0.25, 0.3) is 0 Å². The average Bonchev–Trinajstić information content (AvgIpc) is 3.17. The molecule has 2 atom stereocenters. The summed E-state index contributed by atoms with van der Waals surface area (Å²) in [5.74, 6) is 1.98. The highest BCUT2D eigenvalue weighted by Crippen LogP contribution is 2.60. The van der Waals surface area contributed by atoms with Crippen LogP contribution in [0.15, 0.2) is 12.7 Å². The monoisotopic (exact) mass is 359 g/mol. The fraction of sp³-hybridized carbons (Fsp3) is 0.688. The van der Waals surface area contributed by atoms with E-state index in [1.807, 2.05) is 17.9 Å². The van der Waals surface area contributed by atoms with Gasteiger partial charge in [0.2, 0.25) is 5.13 Å². The highest BCUT2D eigenvalue weighted by atomic mass is 32.1. The molecule has 2 aromatic rings. The molecular weight excluding hydrogens is 338 g/mol. The minimum Gasteiger partial charge on any atom is -0.332 e. The van der Waals surface area contributed by atoms with Crippen LogP contribution in [0.3, 0.4) is 0 Å². The minimum absolute atomic E-state index is 0.00713. The van der Waals surface area contributed by atoms with E-state index >= 15 is 0 Å². The van der Waals surface area contributed by atoms with Crippen molar-refractivity contribution in [1.82, 2.24) is 29.4 Å². The van der Waals surface area contributed by atoms with Crippen LogP contribution in [0.1, 0.15) is 44.3 Å². The topological polar surface area (TPSA) is 97.6 Å². The maximum absolute atomic E-state index is 12.6. The Hall–Kier alpha value is -2.03. The Morgan fingerprint density at radius 3 is 2.76 bits per heavy atom. The maximum atomic E-state index is 12.6. The van der Waals surface area contributed by atoms with Crippen LogP contribution in [0.2, 0.25) is 0 Å². The molecule has 4 fully saturated rings. The largest absolute Gasteiger partial charge is 0.332 e. The van der Waals surface area contributed by atoms with E-state index < -0.39 is 0 Å². The van der Waals surface area contributed by atoms with E-state index in [1.54, 1.807) is 6.33 Å². The Labute approximate surface area is 149 Å². The lowest BCUT2D eigenvalue weighted by molar-refractivity contribution is -0.0728. The van der Waals surface area contributed by atoms with E-state index in [9.17, 15) is 4.79 Å². The summed E-state index contributed by atoms with van der Waals surface area (Å²) in [7, 11) is 0. The van der Waals surface area contributed by atoms with Gasteiger partial charge in [0.05, 0.1) is 5.54 Å². The van der Waals surface area contributed by atoms with Crippen LogP contribution in [0.4, 0.5) is 9.93 Å². The summed E-state index contributed by atoms with van der Waals surface area (Å²) in [6.07, 6.45) is 10.1. The number of amides is 2. The van der Waals surface area contributed by atoms with Gasteiger partial charge < -0.3 is 5.32 Å². The number of aromatic nitrogens is 5. The molecule has 2 heterocycles. The van der Waals surface area contributed by atoms with Gasteiger partial charge in [-0.15, -0.1) is 0 Å². The molecular formula is C16H21N7OS. The van der Waals surface area contributed by atoms with E-state index in [0.717, 1.165) is 32.1 Å². The van der Waals surface area contributed by atoms with Crippen molar-refractivity contribution < 1.29 is 4.79 Å². The zero-order valence-electron chi connectivity index (χ0n) is 14.1. The first-order valence-electron chi connectivity index (χ1n) is 8.79. The van der Waals surface area contributed by atoms with Crippen molar-refractivity contribution in [2.24, 2.45) is 11.8 Å². The molecule has 2 amide bonds. The third-order valence-electron chi connectivity index (χ3n) is 6.06. The molecule has 2 unspecified atom stereocenters. The number of carbonyl (C=O) groups excluding carboxylic acids is 1. The molecule has 0 aliphatic heterocycles. The molecule has 4 aliphatic carbocycles. The summed E-state index contributed by atoms with van der Waals surface area (Å²) < 4.78 is 6.16. The summed E-state index contributed by atoms with van der Waals surface area (Å²) in [4.78, 5) is 21.0. The van der Waals surface area contributed by atoms with Crippen molar-refractivity contribution in [2.45, 2.75) is 56.5 Å². The Bertz CT molecular complexity index is 787. The number of carbonyl (C=O) groups is 1. The van der Waals surface area contributed by atoms with Gasteiger partial charge in [0, 0.05) is 17.1 Å². The lowest BCUT2D eigenvalue weighted by Crippen LogP contribution is -2.66. The van der Waals surface area contributed by atoms with Crippen LogP contribution in [-0.4, -0.2) is 35.7 Å². The Balaban J connectivity index is 1.38. The molecule has 2 aromatic heterocycles. The third-order valence-corrected chi connectivity index (χ3v) is 6.78. The van der Waals surface area contributed by atoms with Gasteiger partial charge in [-0.05, 0) is 57.3 Å². The fourth-order valence-corrected chi connectivity index (χ4v) is 6.37. The highest BCUT2D eigenvalue weighted by Gasteiger charge is 2.59. The zero-order valence-corrected chi connectivity index (χ0v) is 14.9. The van der Waals surface area contributed by atoms with Gasteiger partial charge in [-0.2, -0.15) is 9.47 Å². The number of hydrogen-bond acceptors (Lipinski definition) is 6. The van der Waals surface area contributed by atoms with Gasteiger partial charge in [-0.3, -0.25) is 5.32 Å². The van der Waals surface area contributed by atoms with Gasteiger partial charge in [0.25, 0.3) is 0 Å². The van der Waals surface area contributed by atoms with Gasteiger partial charge in [-0.25, -0.2) is 19.4 Å². The fourth-order valence-electron chi connectivity index (χ4n) is 5.80. The maximum Gasteiger partial charge on any atom is 0.321 e. The summed E-state index contributed by atoms with van der Waals surface area (Å²) in [6, 6.07) is -0.174. The summed E-state index contributed by atoms with van der Waals surface area (Å²) in [5.41, 5.74) is -0.146. The Kier molecular flexibility index (Phi) is 3.19. The molecule has 0 radical (unpaired) electrons. The number of urea groups is 1. The predicted molar refractivity (Wildman–Crippen MR) is 92.2 cm³/mol. The van der Waals surface area contributed by atoms with E-state index in [-0.39, 0.29) is 17.1 Å². The predicted octanol–water partition coefficient (Wildman–Crippen LogP) is 2.31. The normalized spacial score (nSPS) is 35.7. The molecule has 8 nitrogen and oxygen atoms in total. The number of aryl methyl sites for hydroxylation is 1. The molecule has 2 N–H and O–H groups in total. The zero-order chi connectivity index (χ0) is 17.1. The van der Waals surface area contributed by atoms with Crippen molar-refractivity contribution in [1.29, 1.82) is 0 Å². The van der Waals surface area contributed by atoms with Crippen molar-refractivity contribution in [3.63, 3.8) is 0 Å². The van der Waals surface area contributed by atoms with Crippen LogP contribution >= 0.6 is 11.5 Å². The van der Waals surface area contributed by atoms with E-state index in [1.165, 1.54) is 18.0 Å². The number of rotatable bonds is 3. The van der Waals surface area contributed by atoms with E-state index in [0.29, 0.717) is 22.8 Å². The Morgan fingerprint density at radius 2 is 2.12 bits per heavy atom. The van der Waals surface area contributed by atoms with Crippen LogP contribution < -0.4 is 10.6 Å².